The second-order valence-electron chi connectivity index (χ2n) is 5.92. The Balaban J connectivity index is 2.21. The van der Waals surface area contributed by atoms with Crippen LogP contribution in [0.5, 0.6) is 0 Å². The average molecular weight is 400 g/mol. The fourth-order valence-corrected chi connectivity index (χ4v) is 3.85. The van der Waals surface area contributed by atoms with E-state index in [1.807, 2.05) is 6.92 Å². The summed E-state index contributed by atoms with van der Waals surface area (Å²) < 4.78 is 66.4. The van der Waals surface area contributed by atoms with E-state index in [4.69, 9.17) is 0 Å². The van der Waals surface area contributed by atoms with Crippen LogP contribution in [-0.4, -0.2) is 31.7 Å². The van der Waals surface area contributed by atoms with Crippen LogP contribution in [0.3, 0.4) is 0 Å². The van der Waals surface area contributed by atoms with Gasteiger partial charge in [-0.15, -0.1) is 0 Å². The van der Waals surface area contributed by atoms with Gasteiger partial charge in [-0.1, -0.05) is 24.6 Å². The molecule has 0 radical (unpaired) electrons. The van der Waals surface area contributed by atoms with Gasteiger partial charge in [0, 0.05) is 6.54 Å². The van der Waals surface area contributed by atoms with Gasteiger partial charge in [-0.2, -0.15) is 4.31 Å². The molecule has 9 heteroatoms. The molecule has 5 nitrogen and oxygen atoms in total. The van der Waals surface area contributed by atoms with Gasteiger partial charge in [-0.3, -0.25) is 4.79 Å². The lowest BCUT2D eigenvalue weighted by Gasteiger charge is -2.21. The van der Waals surface area contributed by atoms with E-state index in [1.165, 1.54) is 12.1 Å². The normalized spacial score (nSPS) is 11.6. The van der Waals surface area contributed by atoms with Crippen molar-refractivity contribution < 1.29 is 26.4 Å². The van der Waals surface area contributed by atoms with Gasteiger partial charge in [0.2, 0.25) is 15.9 Å². The molecule has 2 aromatic rings. The fourth-order valence-electron chi connectivity index (χ4n) is 2.37. The maximum Gasteiger partial charge on any atom is 0.243 e. The molecule has 0 aliphatic heterocycles. The monoisotopic (exact) mass is 400 g/mol. The van der Waals surface area contributed by atoms with Gasteiger partial charge in [0.05, 0.1) is 17.1 Å². The van der Waals surface area contributed by atoms with E-state index < -0.39 is 45.6 Å². The van der Waals surface area contributed by atoms with Crippen molar-refractivity contribution in [3.8, 4) is 0 Å². The first-order valence-electron chi connectivity index (χ1n) is 8.17. The van der Waals surface area contributed by atoms with Gasteiger partial charge in [0.25, 0.3) is 0 Å². The molecule has 1 N–H and O–H groups in total. The number of nitrogens with one attached hydrogen (secondary N) is 1. The lowest BCUT2D eigenvalue weighted by molar-refractivity contribution is -0.116. The van der Waals surface area contributed by atoms with E-state index >= 15 is 0 Å². The summed E-state index contributed by atoms with van der Waals surface area (Å²) in [6, 6.07) is 7.66. The predicted octanol–water partition coefficient (Wildman–Crippen LogP) is 3.45. The zero-order valence-corrected chi connectivity index (χ0v) is 15.6. The number of hydrogen-bond acceptors (Lipinski definition) is 3. The molecule has 0 spiro atoms. The molecule has 0 aliphatic rings. The highest BCUT2D eigenvalue weighted by molar-refractivity contribution is 7.89. The molecule has 0 unspecified atom stereocenters. The zero-order valence-electron chi connectivity index (χ0n) is 14.8. The Kier molecular flexibility index (Phi) is 6.61. The highest BCUT2D eigenvalue weighted by atomic mass is 32.2. The number of amides is 1. The quantitative estimate of drug-likeness (QED) is 0.724. The third-order valence-corrected chi connectivity index (χ3v) is 5.62. The summed E-state index contributed by atoms with van der Waals surface area (Å²) in [6.07, 6.45) is 0.442. The van der Waals surface area contributed by atoms with Gasteiger partial charge in [-0.25, -0.2) is 21.6 Å². The molecule has 146 valence electrons. The Morgan fingerprint density at radius 2 is 1.67 bits per heavy atom. The van der Waals surface area contributed by atoms with Crippen LogP contribution >= 0.6 is 0 Å². The van der Waals surface area contributed by atoms with Gasteiger partial charge in [0.1, 0.15) is 0 Å². The molecule has 0 saturated heterocycles. The lowest BCUT2D eigenvalue weighted by Crippen LogP contribution is -2.38. The number of carbonyl (C=O) groups excluding carboxylic acids is 1. The number of aryl methyl sites for hydroxylation is 1. The first-order valence-corrected chi connectivity index (χ1v) is 9.61. The van der Waals surface area contributed by atoms with Crippen molar-refractivity contribution in [2.24, 2.45) is 0 Å². The Bertz CT molecular complexity index is 932. The van der Waals surface area contributed by atoms with Gasteiger partial charge in [0.15, 0.2) is 17.5 Å². The molecule has 2 aromatic carbocycles. The second-order valence-corrected chi connectivity index (χ2v) is 7.86. The summed E-state index contributed by atoms with van der Waals surface area (Å²) in [6.45, 7) is 3.01. The minimum absolute atomic E-state index is 0.0216. The van der Waals surface area contributed by atoms with E-state index in [0.29, 0.717) is 12.5 Å². The summed E-state index contributed by atoms with van der Waals surface area (Å²) in [5.41, 5.74) is 0.311. The molecule has 0 heterocycles. The van der Waals surface area contributed by atoms with Crippen LogP contribution in [0.15, 0.2) is 41.3 Å². The number of anilines is 1. The zero-order chi connectivity index (χ0) is 20.2. The molecule has 0 atom stereocenters. The summed E-state index contributed by atoms with van der Waals surface area (Å²) in [7, 11) is -3.95. The third-order valence-electron chi connectivity index (χ3n) is 3.76. The second kappa shape index (κ2) is 8.53. The SMILES string of the molecule is CCCN(CC(=O)Nc1ccc(F)c(F)c1F)S(=O)(=O)c1ccc(C)cc1. The smallest absolute Gasteiger partial charge is 0.243 e. The molecule has 2 rings (SSSR count). The van der Waals surface area contributed by atoms with Crippen molar-refractivity contribution >= 4 is 21.6 Å². The molecular formula is C18H19F3N2O3S. The highest BCUT2D eigenvalue weighted by Gasteiger charge is 2.26. The number of nitrogens with zero attached hydrogens (tertiary/aromatic N) is 1. The Morgan fingerprint density at radius 1 is 1.04 bits per heavy atom. The van der Waals surface area contributed by atoms with Crippen LogP contribution in [0.1, 0.15) is 18.9 Å². The van der Waals surface area contributed by atoms with E-state index in [2.05, 4.69) is 5.32 Å². The van der Waals surface area contributed by atoms with Crippen LogP contribution in [0.2, 0.25) is 0 Å². The Labute approximate surface area is 155 Å². The van der Waals surface area contributed by atoms with E-state index in [0.717, 1.165) is 15.9 Å². The molecule has 27 heavy (non-hydrogen) atoms. The number of halogens is 3. The van der Waals surface area contributed by atoms with Crippen LogP contribution < -0.4 is 5.32 Å². The molecule has 1 amide bonds. The number of carbonyl (C=O) groups is 1. The number of rotatable bonds is 7. The van der Waals surface area contributed by atoms with Crippen LogP contribution in [0.4, 0.5) is 18.9 Å². The first-order chi connectivity index (χ1) is 12.7. The van der Waals surface area contributed by atoms with Gasteiger partial charge >= 0.3 is 0 Å². The molecule has 0 saturated carbocycles. The summed E-state index contributed by atoms with van der Waals surface area (Å²) in [5, 5.41) is 2.07. The average Bonchev–Trinajstić information content (AvgIpc) is 2.62. The third kappa shape index (κ3) is 4.86. The van der Waals surface area contributed by atoms with Crippen LogP contribution in [0.25, 0.3) is 0 Å². The summed E-state index contributed by atoms with van der Waals surface area (Å²) >= 11 is 0. The fraction of sp³-hybridized carbons (Fsp3) is 0.278. The van der Waals surface area contributed by atoms with E-state index in [-0.39, 0.29) is 11.4 Å². The number of benzene rings is 2. The standard InChI is InChI=1S/C18H19F3N2O3S/c1-3-10-23(27(25,26)13-6-4-12(2)5-7-13)11-16(24)22-15-9-8-14(19)17(20)18(15)21/h4-9H,3,10-11H2,1-2H3,(H,22,24). The van der Waals surface area contributed by atoms with Gasteiger partial charge < -0.3 is 5.32 Å². The van der Waals surface area contributed by atoms with Crippen molar-refractivity contribution in [2.75, 3.05) is 18.4 Å². The van der Waals surface area contributed by atoms with Crippen molar-refractivity contribution in [3.63, 3.8) is 0 Å². The predicted molar refractivity (Wildman–Crippen MR) is 95.2 cm³/mol. The minimum Gasteiger partial charge on any atom is -0.322 e. The lowest BCUT2D eigenvalue weighted by atomic mass is 10.2. The highest BCUT2D eigenvalue weighted by Crippen LogP contribution is 2.20. The van der Waals surface area contributed by atoms with Crippen LogP contribution in [0, 0.1) is 24.4 Å². The molecule has 0 fully saturated rings. The molecule has 0 aliphatic carbocycles. The first kappa shape index (κ1) is 20.9. The Hall–Kier alpha value is -2.39. The molecule has 0 aromatic heterocycles. The van der Waals surface area contributed by atoms with E-state index in [1.54, 1.807) is 19.1 Å². The van der Waals surface area contributed by atoms with Crippen molar-refractivity contribution in [1.82, 2.24) is 4.31 Å². The minimum atomic E-state index is -3.95. The maximum absolute atomic E-state index is 13.7. The van der Waals surface area contributed by atoms with Crippen molar-refractivity contribution in [2.45, 2.75) is 25.2 Å². The number of sulfonamides is 1. The van der Waals surface area contributed by atoms with Crippen molar-refractivity contribution in [1.29, 1.82) is 0 Å². The Morgan fingerprint density at radius 3 is 2.26 bits per heavy atom. The molecule has 0 bridgehead atoms. The topological polar surface area (TPSA) is 66.5 Å². The summed E-state index contributed by atoms with van der Waals surface area (Å²) in [4.78, 5) is 12.2. The van der Waals surface area contributed by atoms with Crippen molar-refractivity contribution in [3.05, 3.63) is 59.4 Å². The summed E-state index contributed by atoms with van der Waals surface area (Å²) in [5.74, 6) is -5.53. The van der Waals surface area contributed by atoms with Crippen LogP contribution in [-0.2, 0) is 14.8 Å². The van der Waals surface area contributed by atoms with E-state index in [9.17, 15) is 26.4 Å². The molecular weight excluding hydrogens is 381 g/mol. The number of hydrogen-bond donors (Lipinski definition) is 1. The largest absolute Gasteiger partial charge is 0.322 e. The van der Waals surface area contributed by atoms with Gasteiger partial charge in [-0.05, 0) is 37.6 Å². The maximum atomic E-state index is 13.7.